The van der Waals surface area contributed by atoms with Crippen molar-refractivity contribution in [2.75, 3.05) is 30.9 Å². The summed E-state index contributed by atoms with van der Waals surface area (Å²) in [6, 6.07) is 25.0. The van der Waals surface area contributed by atoms with Crippen LogP contribution in [0.5, 0.6) is 5.75 Å². The first kappa shape index (κ1) is 32.0. The van der Waals surface area contributed by atoms with Crippen LogP contribution in [0, 0.1) is 5.41 Å². The van der Waals surface area contributed by atoms with Crippen LogP contribution in [0.25, 0.3) is 11.4 Å². The van der Waals surface area contributed by atoms with E-state index >= 15 is 0 Å². The maximum Gasteiger partial charge on any atom is 0.339 e. The van der Waals surface area contributed by atoms with Gasteiger partial charge in [-0.1, -0.05) is 55.1 Å². The van der Waals surface area contributed by atoms with E-state index in [2.05, 4.69) is 23.8 Å². The number of allylic oxidation sites excluding steroid dienone is 2. The Hall–Kier alpha value is -5.41. The molecule has 0 bridgehead atoms. The van der Waals surface area contributed by atoms with E-state index in [1.807, 2.05) is 60.7 Å². The molecule has 0 unspecified atom stereocenters. The Morgan fingerprint density at radius 2 is 1.76 bits per heavy atom. The lowest BCUT2D eigenvalue weighted by Gasteiger charge is -2.17. The zero-order chi connectivity index (χ0) is 32.6. The van der Waals surface area contributed by atoms with Gasteiger partial charge in [0.2, 0.25) is 5.91 Å². The molecule has 2 N–H and O–H groups in total. The number of benzene rings is 3. The standard InChI is InChI=1S/C37H40N6O3/c1-5-6-23-39-36-35(27(2)38)42(30-19-21-33(22-20-30)46-26-28-12-8-7-9-13-28)37(45)43(36)32-15-10-14-31(25-32)41(4)34(44)16-11-24-40(3)29-17-18-29/h5-16,19-23,25,29,38-39H,1,17-18,24,26H2,2-4H3/b16-11+,23-6+,38-27?. The van der Waals surface area contributed by atoms with Crippen molar-refractivity contribution in [2.45, 2.75) is 32.4 Å². The summed E-state index contributed by atoms with van der Waals surface area (Å²) in [5, 5.41) is 11.9. The summed E-state index contributed by atoms with van der Waals surface area (Å²) in [6.07, 6.45) is 10.9. The third-order valence-corrected chi connectivity index (χ3v) is 7.83. The maximum absolute atomic E-state index is 14.2. The van der Waals surface area contributed by atoms with Gasteiger partial charge in [0.25, 0.3) is 0 Å². The molecule has 9 nitrogen and oxygen atoms in total. The fourth-order valence-electron chi connectivity index (χ4n) is 5.15. The van der Waals surface area contributed by atoms with Crippen molar-refractivity contribution >= 4 is 23.1 Å². The van der Waals surface area contributed by atoms with E-state index in [4.69, 9.17) is 10.1 Å². The van der Waals surface area contributed by atoms with Crippen LogP contribution in [0.3, 0.4) is 0 Å². The molecule has 4 aromatic rings. The van der Waals surface area contributed by atoms with Crippen LogP contribution in [0.4, 0.5) is 11.5 Å². The first-order valence-electron chi connectivity index (χ1n) is 15.3. The van der Waals surface area contributed by atoms with Crippen LogP contribution in [-0.2, 0) is 11.4 Å². The highest BCUT2D eigenvalue weighted by Gasteiger charge is 2.25. The highest BCUT2D eigenvalue weighted by atomic mass is 16.5. The molecule has 46 heavy (non-hydrogen) atoms. The van der Waals surface area contributed by atoms with Crippen molar-refractivity contribution in [2.24, 2.45) is 0 Å². The van der Waals surface area contributed by atoms with Crippen molar-refractivity contribution < 1.29 is 9.53 Å². The van der Waals surface area contributed by atoms with E-state index in [0.29, 0.717) is 53.5 Å². The minimum Gasteiger partial charge on any atom is -0.489 e. The second-order valence-electron chi connectivity index (χ2n) is 11.3. The predicted octanol–water partition coefficient (Wildman–Crippen LogP) is 6.32. The molecule has 236 valence electrons. The van der Waals surface area contributed by atoms with Crippen LogP contribution in [0.1, 0.15) is 31.0 Å². The van der Waals surface area contributed by atoms with E-state index in [1.54, 1.807) is 67.6 Å². The number of likely N-dealkylation sites (N-methyl/N-ethyl adjacent to an activating group) is 2. The van der Waals surface area contributed by atoms with Gasteiger partial charge in [0, 0.05) is 37.6 Å². The van der Waals surface area contributed by atoms with Gasteiger partial charge < -0.3 is 20.4 Å². The molecule has 1 amide bonds. The van der Waals surface area contributed by atoms with Crippen LogP contribution >= 0.6 is 0 Å². The molecule has 1 heterocycles. The Morgan fingerprint density at radius 1 is 1.02 bits per heavy atom. The summed E-state index contributed by atoms with van der Waals surface area (Å²) >= 11 is 0. The van der Waals surface area contributed by atoms with Crippen LogP contribution < -0.4 is 20.6 Å². The Bertz CT molecular complexity index is 1810. The molecule has 0 aliphatic heterocycles. The quantitative estimate of drug-likeness (QED) is 0.0983. The number of nitrogens with zero attached hydrogens (tertiary/aromatic N) is 4. The lowest BCUT2D eigenvalue weighted by Crippen LogP contribution is -2.26. The number of aromatic nitrogens is 2. The van der Waals surface area contributed by atoms with E-state index in [1.165, 1.54) is 22.0 Å². The molecule has 0 atom stereocenters. The SMILES string of the molecule is C=C/C=C/Nc1c(C(C)=N)n(-c2ccc(OCc3ccccc3)cc2)c(=O)n1-c1cccc(N(C)C(=O)/C=C/CN(C)C2CC2)c1. The molecule has 1 aliphatic rings. The zero-order valence-corrected chi connectivity index (χ0v) is 26.5. The molecule has 0 spiro atoms. The number of amides is 1. The number of imidazole rings is 1. The number of carbonyl (C=O) groups excluding carboxylic acids is 1. The molecule has 9 heteroatoms. The highest BCUT2D eigenvalue weighted by molar-refractivity contribution is 6.01. The van der Waals surface area contributed by atoms with Crippen molar-refractivity contribution in [3.63, 3.8) is 0 Å². The summed E-state index contributed by atoms with van der Waals surface area (Å²) < 4.78 is 8.98. The molecule has 5 rings (SSSR count). The van der Waals surface area contributed by atoms with Gasteiger partial charge in [-0.2, -0.15) is 0 Å². The summed E-state index contributed by atoms with van der Waals surface area (Å²) in [5.74, 6) is 0.910. The second-order valence-corrected chi connectivity index (χ2v) is 11.3. The minimum atomic E-state index is -0.372. The monoisotopic (exact) mass is 616 g/mol. The Kier molecular flexibility index (Phi) is 10.1. The third-order valence-electron chi connectivity index (χ3n) is 7.83. The van der Waals surface area contributed by atoms with Gasteiger partial charge in [-0.05, 0) is 80.9 Å². The second kappa shape index (κ2) is 14.6. The summed E-state index contributed by atoms with van der Waals surface area (Å²) in [5.41, 5.74) is 3.02. The van der Waals surface area contributed by atoms with Gasteiger partial charge in [0.1, 0.15) is 23.9 Å². The molecule has 1 aromatic heterocycles. The molecule has 1 fully saturated rings. The largest absolute Gasteiger partial charge is 0.489 e. The number of carbonyl (C=O) groups is 1. The van der Waals surface area contributed by atoms with E-state index in [0.717, 1.165) is 5.56 Å². The number of rotatable bonds is 14. The number of anilines is 2. The smallest absolute Gasteiger partial charge is 0.339 e. The fraction of sp³-hybridized carbons (Fsp3) is 0.216. The van der Waals surface area contributed by atoms with E-state index in [-0.39, 0.29) is 17.3 Å². The van der Waals surface area contributed by atoms with Crippen molar-refractivity contribution in [3.8, 4) is 17.1 Å². The van der Waals surface area contributed by atoms with Crippen LogP contribution in [-0.4, -0.2) is 52.3 Å². The molecule has 0 radical (unpaired) electrons. The maximum atomic E-state index is 14.2. The molecular weight excluding hydrogens is 576 g/mol. The predicted molar refractivity (Wildman–Crippen MR) is 186 cm³/mol. The average molecular weight is 617 g/mol. The lowest BCUT2D eigenvalue weighted by atomic mass is 10.2. The van der Waals surface area contributed by atoms with Crippen molar-refractivity contribution in [1.29, 1.82) is 5.41 Å². The molecular formula is C37H40N6O3. The number of nitrogens with one attached hydrogen (secondary N) is 2. The third kappa shape index (κ3) is 7.44. The first-order chi connectivity index (χ1) is 22.3. The lowest BCUT2D eigenvalue weighted by molar-refractivity contribution is -0.113. The Balaban J connectivity index is 1.48. The van der Waals surface area contributed by atoms with Crippen molar-refractivity contribution in [1.82, 2.24) is 14.0 Å². The normalized spacial score (nSPS) is 13.0. The van der Waals surface area contributed by atoms with Crippen molar-refractivity contribution in [3.05, 3.63) is 138 Å². The zero-order valence-electron chi connectivity index (χ0n) is 26.5. The molecule has 0 saturated heterocycles. The van der Waals surface area contributed by atoms with Gasteiger partial charge in [-0.25, -0.2) is 9.36 Å². The van der Waals surface area contributed by atoms with Gasteiger partial charge in [0.15, 0.2) is 0 Å². The summed E-state index contributed by atoms with van der Waals surface area (Å²) in [7, 11) is 3.78. The van der Waals surface area contributed by atoms with E-state index < -0.39 is 0 Å². The van der Waals surface area contributed by atoms with Gasteiger partial charge in [-0.3, -0.25) is 14.3 Å². The van der Waals surface area contributed by atoms with E-state index in [9.17, 15) is 9.59 Å². The van der Waals surface area contributed by atoms with Crippen LogP contribution in [0.15, 0.2) is 121 Å². The summed E-state index contributed by atoms with van der Waals surface area (Å²) in [6.45, 7) is 6.51. The van der Waals surface area contributed by atoms with Crippen LogP contribution in [0.2, 0.25) is 0 Å². The van der Waals surface area contributed by atoms with Gasteiger partial charge >= 0.3 is 5.69 Å². The number of hydrogen-bond donors (Lipinski definition) is 2. The first-order valence-corrected chi connectivity index (χ1v) is 15.3. The highest BCUT2D eigenvalue weighted by Crippen LogP contribution is 2.27. The molecule has 1 saturated carbocycles. The number of ether oxygens (including phenoxy) is 1. The Labute approximate surface area is 269 Å². The molecule has 3 aromatic carbocycles. The topological polar surface area (TPSA) is 95.6 Å². The number of hydrogen-bond acceptors (Lipinski definition) is 6. The van der Waals surface area contributed by atoms with Gasteiger partial charge in [-0.15, -0.1) is 0 Å². The molecule has 1 aliphatic carbocycles. The Morgan fingerprint density at radius 3 is 2.43 bits per heavy atom. The average Bonchev–Trinajstić information content (AvgIpc) is 3.88. The van der Waals surface area contributed by atoms with Gasteiger partial charge in [0.05, 0.1) is 17.1 Å². The summed E-state index contributed by atoms with van der Waals surface area (Å²) in [4.78, 5) is 31.1. The minimum absolute atomic E-state index is 0.163. The fourth-order valence-corrected chi connectivity index (χ4v) is 5.15.